The van der Waals surface area contributed by atoms with Gasteiger partial charge in [-0.3, -0.25) is 4.90 Å². The number of rotatable bonds is 7. The smallest absolute Gasteiger partial charge is 0.349 e. The van der Waals surface area contributed by atoms with Crippen molar-refractivity contribution in [2.24, 2.45) is 0 Å². The number of nitrogen functional groups attached to an aromatic ring is 1. The highest BCUT2D eigenvalue weighted by Crippen LogP contribution is 2.34. The van der Waals surface area contributed by atoms with Crippen molar-refractivity contribution in [1.82, 2.24) is 19.7 Å². The third kappa shape index (κ3) is 5.15. The van der Waals surface area contributed by atoms with Crippen LogP contribution < -0.4 is 30.6 Å². The molecule has 2 aliphatic rings. The number of anilines is 4. The summed E-state index contributed by atoms with van der Waals surface area (Å²) in [6, 6.07) is 12.0. The fourth-order valence-corrected chi connectivity index (χ4v) is 3.94. The van der Waals surface area contributed by atoms with Gasteiger partial charge in [0.15, 0.2) is 11.5 Å². The molecule has 1 fully saturated rings. The normalized spacial score (nSPS) is 15.2. The number of aromatic nitrogens is 3. The van der Waals surface area contributed by atoms with Crippen LogP contribution in [0.5, 0.6) is 17.2 Å². The molecular formula is C23H27N7O4. The number of carbonyl (C=O) groups is 1. The van der Waals surface area contributed by atoms with Gasteiger partial charge in [-0.05, 0) is 62.3 Å². The summed E-state index contributed by atoms with van der Waals surface area (Å²) in [5, 5.41) is 9.83. The van der Waals surface area contributed by atoms with E-state index in [0.717, 1.165) is 30.1 Å². The molecule has 3 aromatic rings. The average molecular weight is 466 g/mol. The molecular weight excluding hydrogens is 438 g/mol. The zero-order chi connectivity index (χ0) is 23.3. The second-order valence-corrected chi connectivity index (χ2v) is 8.10. The van der Waals surface area contributed by atoms with Crippen molar-refractivity contribution in [3.8, 4) is 17.2 Å². The monoisotopic (exact) mass is 465 g/mol. The zero-order valence-electron chi connectivity index (χ0n) is 18.7. The van der Waals surface area contributed by atoms with Gasteiger partial charge in [0.25, 0.3) is 0 Å². The van der Waals surface area contributed by atoms with E-state index in [9.17, 15) is 4.79 Å². The molecule has 4 N–H and O–H groups in total. The van der Waals surface area contributed by atoms with Crippen LogP contribution in [0.15, 0.2) is 42.5 Å². The Morgan fingerprint density at radius 3 is 2.62 bits per heavy atom. The van der Waals surface area contributed by atoms with Crippen LogP contribution in [0, 0.1) is 0 Å². The predicted octanol–water partition coefficient (Wildman–Crippen LogP) is 3.28. The lowest BCUT2D eigenvalue weighted by atomic mass is 10.1. The summed E-state index contributed by atoms with van der Waals surface area (Å²) in [6.45, 7) is 4.04. The fourth-order valence-electron chi connectivity index (χ4n) is 3.94. The summed E-state index contributed by atoms with van der Waals surface area (Å²) >= 11 is 0. The fraction of sp³-hybridized carbons (Fsp3) is 0.348. The Hall–Kier alpha value is -3.99. The van der Waals surface area contributed by atoms with Crippen molar-refractivity contribution in [3.05, 3.63) is 42.5 Å². The van der Waals surface area contributed by atoms with Crippen molar-refractivity contribution >= 4 is 29.3 Å². The number of carbonyl (C=O) groups excluding carboxylic acids is 1. The van der Waals surface area contributed by atoms with Crippen LogP contribution in [0.2, 0.25) is 0 Å². The largest absolute Gasteiger partial charge is 0.492 e. The number of nitrogens with one attached hydrogen (secondary N) is 2. The first-order valence-corrected chi connectivity index (χ1v) is 11.3. The van der Waals surface area contributed by atoms with Crippen LogP contribution in [0.25, 0.3) is 0 Å². The van der Waals surface area contributed by atoms with Crippen LogP contribution in [0.3, 0.4) is 0 Å². The first-order chi connectivity index (χ1) is 16.6. The SMILES string of the molecule is Nc1nc(Nc2ccc(OCCN3CCCCC3)cc2)n(C(=O)Nc2ccc3c(c2)OCO3)n1. The number of hydrogen-bond acceptors (Lipinski definition) is 9. The van der Waals surface area contributed by atoms with E-state index < -0.39 is 6.03 Å². The third-order valence-electron chi connectivity index (χ3n) is 5.68. The highest BCUT2D eigenvalue weighted by molar-refractivity contribution is 5.93. The number of fused-ring (bicyclic) bond motifs is 1. The molecule has 2 aromatic carbocycles. The summed E-state index contributed by atoms with van der Waals surface area (Å²) < 4.78 is 17.6. The van der Waals surface area contributed by atoms with Crippen LogP contribution in [-0.2, 0) is 0 Å². The molecule has 2 aliphatic heterocycles. The van der Waals surface area contributed by atoms with E-state index in [1.807, 2.05) is 24.3 Å². The van der Waals surface area contributed by atoms with E-state index in [0.29, 0.717) is 29.5 Å². The Bertz CT molecular complexity index is 1140. The molecule has 178 valence electrons. The lowest BCUT2D eigenvalue weighted by Crippen LogP contribution is -2.33. The van der Waals surface area contributed by atoms with Crippen LogP contribution >= 0.6 is 0 Å². The van der Waals surface area contributed by atoms with Crippen LogP contribution in [-0.4, -0.2) is 58.7 Å². The topological polar surface area (TPSA) is 129 Å². The minimum atomic E-state index is -0.525. The molecule has 3 heterocycles. The van der Waals surface area contributed by atoms with Crippen molar-refractivity contribution in [3.63, 3.8) is 0 Å². The van der Waals surface area contributed by atoms with Gasteiger partial charge in [-0.1, -0.05) is 6.42 Å². The van der Waals surface area contributed by atoms with Crippen molar-refractivity contribution in [1.29, 1.82) is 0 Å². The van der Waals surface area contributed by atoms with Crippen LogP contribution in [0.4, 0.5) is 28.1 Å². The second-order valence-electron chi connectivity index (χ2n) is 8.10. The summed E-state index contributed by atoms with van der Waals surface area (Å²) in [5.41, 5.74) is 7.00. The average Bonchev–Trinajstić information content (AvgIpc) is 3.46. The van der Waals surface area contributed by atoms with Crippen LogP contribution in [0.1, 0.15) is 19.3 Å². The molecule has 1 aromatic heterocycles. The van der Waals surface area contributed by atoms with Crippen molar-refractivity contribution in [2.75, 3.05) is 49.4 Å². The summed E-state index contributed by atoms with van der Waals surface area (Å²) in [7, 11) is 0. The Morgan fingerprint density at radius 1 is 1.03 bits per heavy atom. The Balaban J connectivity index is 1.19. The lowest BCUT2D eigenvalue weighted by molar-refractivity contribution is 0.174. The maximum Gasteiger partial charge on any atom is 0.349 e. The predicted molar refractivity (Wildman–Crippen MR) is 127 cm³/mol. The third-order valence-corrected chi connectivity index (χ3v) is 5.68. The number of nitrogens with zero attached hydrogens (tertiary/aromatic N) is 4. The van der Waals surface area contributed by atoms with E-state index in [-0.39, 0.29) is 18.7 Å². The second kappa shape index (κ2) is 9.87. The van der Waals surface area contributed by atoms with Gasteiger partial charge in [-0.2, -0.15) is 4.98 Å². The highest BCUT2D eigenvalue weighted by atomic mass is 16.7. The summed E-state index contributed by atoms with van der Waals surface area (Å²) in [4.78, 5) is 19.4. The maximum atomic E-state index is 12.8. The first-order valence-electron chi connectivity index (χ1n) is 11.3. The number of hydrogen-bond donors (Lipinski definition) is 3. The van der Waals surface area contributed by atoms with E-state index in [1.54, 1.807) is 18.2 Å². The molecule has 11 nitrogen and oxygen atoms in total. The summed E-state index contributed by atoms with van der Waals surface area (Å²) in [5.74, 6) is 2.14. The Labute approximate surface area is 196 Å². The molecule has 0 bridgehead atoms. The number of piperidine rings is 1. The lowest BCUT2D eigenvalue weighted by Gasteiger charge is -2.26. The molecule has 0 spiro atoms. The Morgan fingerprint density at radius 2 is 1.79 bits per heavy atom. The van der Waals surface area contributed by atoms with E-state index in [4.69, 9.17) is 19.9 Å². The molecule has 0 radical (unpaired) electrons. The molecule has 1 saturated heterocycles. The number of amides is 1. The molecule has 11 heteroatoms. The van der Waals surface area contributed by atoms with Gasteiger partial charge in [0, 0.05) is 24.0 Å². The summed E-state index contributed by atoms with van der Waals surface area (Å²) in [6.07, 6.45) is 3.86. The molecule has 1 amide bonds. The minimum Gasteiger partial charge on any atom is -0.492 e. The van der Waals surface area contributed by atoms with Crippen molar-refractivity contribution in [2.45, 2.75) is 19.3 Å². The number of benzene rings is 2. The number of likely N-dealkylation sites (tertiary alicyclic amines) is 1. The molecule has 0 saturated carbocycles. The quantitative estimate of drug-likeness (QED) is 0.481. The van der Waals surface area contributed by atoms with E-state index in [1.165, 1.54) is 19.3 Å². The minimum absolute atomic E-state index is 0.0268. The van der Waals surface area contributed by atoms with Gasteiger partial charge < -0.3 is 30.6 Å². The number of nitrogens with two attached hydrogens (primary N) is 1. The van der Waals surface area contributed by atoms with Gasteiger partial charge in [0.1, 0.15) is 12.4 Å². The zero-order valence-corrected chi connectivity index (χ0v) is 18.7. The van der Waals surface area contributed by atoms with E-state index >= 15 is 0 Å². The molecule has 0 aliphatic carbocycles. The van der Waals surface area contributed by atoms with Gasteiger partial charge in [-0.25, -0.2) is 4.79 Å². The maximum absolute atomic E-state index is 12.8. The Kier molecular flexibility index (Phi) is 6.34. The van der Waals surface area contributed by atoms with Gasteiger partial charge in [0.05, 0.1) is 0 Å². The molecule has 34 heavy (non-hydrogen) atoms. The molecule has 5 rings (SSSR count). The molecule has 0 unspecified atom stereocenters. The number of ether oxygens (including phenoxy) is 3. The van der Waals surface area contributed by atoms with Gasteiger partial charge in [-0.15, -0.1) is 9.78 Å². The standard InChI is InChI=1S/C23H27N7O4/c24-21-27-22(30(28-21)23(31)26-17-6-9-19-20(14-17)34-15-33-19)25-16-4-7-18(8-5-16)32-13-12-29-10-2-1-3-11-29/h4-9,14H,1-3,10-13,15H2,(H,26,31)(H3,24,25,27,28). The van der Waals surface area contributed by atoms with E-state index in [2.05, 4.69) is 25.6 Å². The highest BCUT2D eigenvalue weighted by Gasteiger charge is 2.18. The first kappa shape index (κ1) is 21.8. The molecule has 0 atom stereocenters. The van der Waals surface area contributed by atoms with Gasteiger partial charge in [0.2, 0.25) is 18.7 Å². The van der Waals surface area contributed by atoms with Gasteiger partial charge >= 0.3 is 6.03 Å². The van der Waals surface area contributed by atoms with Crippen molar-refractivity contribution < 1.29 is 19.0 Å².